The quantitative estimate of drug-likeness (QED) is 0.269. The molecule has 23 heavy (non-hydrogen) atoms. The van der Waals surface area contributed by atoms with Gasteiger partial charge in [0.1, 0.15) is 18.4 Å². The number of amides is 2. The van der Waals surface area contributed by atoms with Gasteiger partial charge in [0.25, 0.3) is 0 Å². The Bertz CT molecular complexity index is 477. The largest absolute Gasteiger partial charge is 0.480 e. The number of hydrogen-bond donors (Lipinski definition) is 6. The van der Waals surface area contributed by atoms with Crippen LogP contribution in [0, 0.1) is 5.92 Å². The van der Waals surface area contributed by atoms with E-state index < -0.39 is 43.7 Å². The molecule has 0 saturated heterocycles. The topological polar surface area (TPSA) is 179 Å². The smallest absolute Gasteiger partial charge is 0.344 e. The maximum absolute atomic E-state index is 11.9. The van der Waals surface area contributed by atoms with Gasteiger partial charge in [-0.05, 0) is 18.8 Å². The van der Waals surface area contributed by atoms with Crippen molar-refractivity contribution >= 4 is 25.4 Å². The summed E-state index contributed by atoms with van der Waals surface area (Å²) in [5.41, 5.74) is 5.29. The molecule has 0 saturated carbocycles. The lowest BCUT2D eigenvalue weighted by Gasteiger charge is -2.20. The second-order valence-electron chi connectivity index (χ2n) is 5.60. The van der Waals surface area contributed by atoms with Crippen molar-refractivity contribution in [2.75, 3.05) is 6.29 Å². The normalized spacial score (nSPS) is 14.2. The molecule has 0 rings (SSSR count). The molecule has 0 aromatic heterocycles. The van der Waals surface area contributed by atoms with Crippen molar-refractivity contribution in [3.05, 3.63) is 0 Å². The van der Waals surface area contributed by atoms with Crippen molar-refractivity contribution in [3.8, 4) is 0 Å². The van der Waals surface area contributed by atoms with Gasteiger partial charge in [0.2, 0.25) is 11.8 Å². The first-order valence-electron chi connectivity index (χ1n) is 7.02. The SMILES string of the molecule is CC(C)C[C@H](NC(=O)CC[C@H](N)C(=O)O)C(=O)NCP(=O)(O)O. The van der Waals surface area contributed by atoms with Crippen LogP contribution in [0.15, 0.2) is 0 Å². The second-order valence-corrected chi connectivity index (χ2v) is 7.24. The van der Waals surface area contributed by atoms with Gasteiger partial charge in [-0.1, -0.05) is 13.8 Å². The van der Waals surface area contributed by atoms with Gasteiger partial charge in [0.15, 0.2) is 0 Å². The predicted octanol–water partition coefficient (Wildman–Crippen LogP) is -1.04. The molecule has 0 fully saturated rings. The van der Waals surface area contributed by atoms with Crippen LogP contribution in [0.1, 0.15) is 33.1 Å². The molecular weight excluding hydrogens is 329 g/mol. The monoisotopic (exact) mass is 353 g/mol. The number of carbonyl (C=O) groups is 3. The molecule has 0 aliphatic carbocycles. The van der Waals surface area contributed by atoms with E-state index in [4.69, 9.17) is 20.6 Å². The number of nitrogens with one attached hydrogen (secondary N) is 2. The highest BCUT2D eigenvalue weighted by Gasteiger charge is 2.24. The lowest BCUT2D eigenvalue weighted by atomic mass is 10.0. The van der Waals surface area contributed by atoms with E-state index in [1.165, 1.54) is 0 Å². The van der Waals surface area contributed by atoms with E-state index >= 15 is 0 Å². The third kappa shape index (κ3) is 10.8. The lowest BCUT2D eigenvalue weighted by Crippen LogP contribution is -2.47. The zero-order valence-corrected chi connectivity index (χ0v) is 14.0. The molecule has 2 amide bonds. The fourth-order valence-electron chi connectivity index (χ4n) is 1.68. The van der Waals surface area contributed by atoms with E-state index in [9.17, 15) is 18.9 Å². The Balaban J connectivity index is 4.59. The maximum Gasteiger partial charge on any atom is 0.344 e. The molecule has 0 spiro atoms. The molecule has 0 radical (unpaired) electrons. The van der Waals surface area contributed by atoms with Crippen LogP contribution in [0.2, 0.25) is 0 Å². The van der Waals surface area contributed by atoms with Gasteiger partial charge < -0.3 is 31.3 Å². The number of carbonyl (C=O) groups excluding carboxylic acids is 2. The van der Waals surface area contributed by atoms with Crippen LogP contribution in [0.4, 0.5) is 0 Å². The Morgan fingerprint density at radius 2 is 1.78 bits per heavy atom. The fraction of sp³-hybridized carbons (Fsp3) is 0.750. The molecule has 0 aliphatic rings. The summed E-state index contributed by atoms with van der Waals surface area (Å²) >= 11 is 0. The minimum absolute atomic E-state index is 0.0439. The van der Waals surface area contributed by atoms with Crippen molar-refractivity contribution in [3.63, 3.8) is 0 Å². The van der Waals surface area contributed by atoms with E-state index in [-0.39, 0.29) is 25.2 Å². The lowest BCUT2D eigenvalue weighted by molar-refractivity contribution is -0.138. The molecule has 134 valence electrons. The molecule has 0 aliphatic heterocycles. The number of carboxylic acids is 1. The number of aliphatic carboxylic acids is 1. The molecular formula is C12H24N3O7P. The Morgan fingerprint density at radius 1 is 1.22 bits per heavy atom. The summed E-state index contributed by atoms with van der Waals surface area (Å²) in [6, 6.07) is -2.14. The molecule has 0 bridgehead atoms. The van der Waals surface area contributed by atoms with Crippen molar-refractivity contribution in [1.29, 1.82) is 0 Å². The summed E-state index contributed by atoms with van der Waals surface area (Å²) < 4.78 is 10.8. The Labute approximate surface area is 134 Å². The van der Waals surface area contributed by atoms with E-state index in [0.29, 0.717) is 0 Å². The highest BCUT2D eigenvalue weighted by atomic mass is 31.2. The third-order valence-corrected chi connectivity index (χ3v) is 3.39. The average Bonchev–Trinajstić information content (AvgIpc) is 2.39. The van der Waals surface area contributed by atoms with Gasteiger partial charge >= 0.3 is 13.6 Å². The molecule has 0 aromatic rings. The molecule has 0 unspecified atom stereocenters. The summed E-state index contributed by atoms with van der Waals surface area (Å²) in [6.07, 6.45) is -0.808. The Morgan fingerprint density at radius 3 is 2.22 bits per heavy atom. The van der Waals surface area contributed by atoms with Crippen molar-refractivity contribution in [2.45, 2.75) is 45.2 Å². The zero-order valence-electron chi connectivity index (χ0n) is 13.1. The van der Waals surface area contributed by atoms with Crippen LogP contribution in [-0.4, -0.2) is 51.0 Å². The molecule has 7 N–H and O–H groups in total. The van der Waals surface area contributed by atoms with Crippen LogP contribution in [0.3, 0.4) is 0 Å². The second kappa shape index (κ2) is 9.61. The first-order valence-corrected chi connectivity index (χ1v) is 8.82. The van der Waals surface area contributed by atoms with Gasteiger partial charge in [-0.2, -0.15) is 0 Å². The maximum atomic E-state index is 11.9. The average molecular weight is 353 g/mol. The molecule has 2 atom stereocenters. The van der Waals surface area contributed by atoms with Crippen LogP contribution >= 0.6 is 7.60 Å². The number of carboxylic acid groups (broad SMARTS) is 1. The van der Waals surface area contributed by atoms with Gasteiger partial charge in [-0.25, -0.2) is 0 Å². The zero-order chi connectivity index (χ0) is 18.2. The summed E-state index contributed by atoms with van der Waals surface area (Å²) in [7, 11) is -4.39. The predicted molar refractivity (Wildman–Crippen MR) is 81.3 cm³/mol. The number of nitrogens with two attached hydrogens (primary N) is 1. The van der Waals surface area contributed by atoms with Gasteiger partial charge in [0, 0.05) is 6.42 Å². The fourth-order valence-corrected chi connectivity index (χ4v) is 2.05. The Hall–Kier alpha value is -1.48. The van der Waals surface area contributed by atoms with E-state index in [1.54, 1.807) is 0 Å². The molecule has 0 heterocycles. The van der Waals surface area contributed by atoms with Crippen molar-refractivity contribution in [2.24, 2.45) is 11.7 Å². The standard InChI is InChI=1S/C12H24N3O7P/c1-7(2)5-9(11(17)14-6-23(20,21)22)15-10(16)4-3-8(13)12(18)19/h7-9H,3-6,13H2,1-2H3,(H,14,17)(H,15,16)(H,18,19)(H2,20,21,22)/t8-,9-/m0/s1. The van der Waals surface area contributed by atoms with Crippen molar-refractivity contribution < 1.29 is 33.8 Å². The molecule has 10 nitrogen and oxygen atoms in total. The minimum Gasteiger partial charge on any atom is -0.480 e. The first-order chi connectivity index (χ1) is 10.4. The van der Waals surface area contributed by atoms with Crippen LogP contribution in [-0.2, 0) is 18.9 Å². The number of rotatable bonds is 10. The minimum atomic E-state index is -4.39. The summed E-state index contributed by atoms with van der Waals surface area (Å²) in [5.74, 6) is -2.45. The van der Waals surface area contributed by atoms with E-state index in [2.05, 4.69) is 10.6 Å². The summed E-state index contributed by atoms with van der Waals surface area (Å²) in [4.78, 5) is 51.8. The highest BCUT2D eigenvalue weighted by molar-refractivity contribution is 7.51. The highest BCUT2D eigenvalue weighted by Crippen LogP contribution is 2.31. The van der Waals surface area contributed by atoms with Crippen LogP contribution < -0.4 is 16.4 Å². The van der Waals surface area contributed by atoms with Gasteiger partial charge in [0.05, 0.1) is 0 Å². The van der Waals surface area contributed by atoms with E-state index in [0.717, 1.165) is 0 Å². The summed E-state index contributed by atoms with van der Waals surface area (Å²) in [5, 5.41) is 13.1. The third-order valence-electron chi connectivity index (χ3n) is 2.82. The van der Waals surface area contributed by atoms with Gasteiger partial charge in [-0.3, -0.25) is 18.9 Å². The van der Waals surface area contributed by atoms with Crippen LogP contribution in [0.25, 0.3) is 0 Å². The van der Waals surface area contributed by atoms with Gasteiger partial charge in [-0.15, -0.1) is 0 Å². The first kappa shape index (κ1) is 21.5. The van der Waals surface area contributed by atoms with Crippen molar-refractivity contribution in [1.82, 2.24) is 10.6 Å². The number of hydrogen-bond acceptors (Lipinski definition) is 5. The van der Waals surface area contributed by atoms with E-state index in [1.807, 2.05) is 13.8 Å². The molecule has 0 aromatic carbocycles. The Kier molecular flexibility index (Phi) is 8.99. The molecule has 11 heteroatoms. The summed E-state index contributed by atoms with van der Waals surface area (Å²) in [6.45, 7) is 3.63. The van der Waals surface area contributed by atoms with Crippen LogP contribution in [0.5, 0.6) is 0 Å².